The number of aromatic hydroxyl groups is 1. The van der Waals surface area contributed by atoms with Gasteiger partial charge in [0.1, 0.15) is 0 Å². The van der Waals surface area contributed by atoms with Crippen LogP contribution in [0.25, 0.3) is 0 Å². The highest BCUT2D eigenvalue weighted by Gasteiger charge is 2.10. The van der Waals surface area contributed by atoms with Crippen molar-refractivity contribution >= 4 is 15.9 Å². The first-order valence-corrected chi connectivity index (χ1v) is 4.73. The van der Waals surface area contributed by atoms with Crippen molar-refractivity contribution in [3.63, 3.8) is 0 Å². The molecule has 4 heteroatoms. The van der Waals surface area contributed by atoms with Gasteiger partial charge >= 0.3 is 0 Å². The highest BCUT2D eigenvalue weighted by Crippen LogP contribution is 2.29. The summed E-state index contributed by atoms with van der Waals surface area (Å²) in [6.45, 7) is 0.0302. The van der Waals surface area contributed by atoms with Crippen molar-refractivity contribution in [2.24, 2.45) is 0 Å². The predicted octanol–water partition coefficient (Wildman–Crippen LogP) is 2.22. The van der Waals surface area contributed by atoms with Crippen LogP contribution in [0, 0.1) is 5.82 Å². The van der Waals surface area contributed by atoms with Crippen LogP contribution in [-0.4, -0.2) is 16.8 Å². The number of hydrogen-bond acceptors (Lipinski definition) is 2. The van der Waals surface area contributed by atoms with E-state index in [1.165, 1.54) is 6.07 Å². The van der Waals surface area contributed by atoms with Crippen LogP contribution in [0.3, 0.4) is 0 Å². The third kappa shape index (κ3) is 2.42. The first kappa shape index (κ1) is 10.5. The minimum absolute atomic E-state index is 0.0302. The Morgan fingerprint density at radius 1 is 1.38 bits per heavy atom. The van der Waals surface area contributed by atoms with Gasteiger partial charge in [-0.2, -0.15) is 0 Å². The molecule has 0 fully saturated rings. The first-order valence-electron chi connectivity index (χ1n) is 3.93. The average molecular weight is 249 g/mol. The summed E-state index contributed by atoms with van der Waals surface area (Å²) in [4.78, 5) is 0. The number of aliphatic hydroxyl groups is 1. The SMILES string of the molecule is OCCCc1c(Br)ccc(F)c1O. The fourth-order valence-electron chi connectivity index (χ4n) is 1.08. The van der Waals surface area contributed by atoms with Gasteiger partial charge in [-0.25, -0.2) is 4.39 Å². The molecule has 72 valence electrons. The van der Waals surface area contributed by atoms with Gasteiger partial charge in [0.05, 0.1) is 0 Å². The monoisotopic (exact) mass is 248 g/mol. The number of benzene rings is 1. The maximum absolute atomic E-state index is 12.9. The second-order valence-corrected chi connectivity index (χ2v) is 3.54. The van der Waals surface area contributed by atoms with Gasteiger partial charge in [-0.3, -0.25) is 0 Å². The van der Waals surface area contributed by atoms with Gasteiger partial charge < -0.3 is 10.2 Å². The van der Waals surface area contributed by atoms with E-state index in [-0.39, 0.29) is 12.4 Å². The number of phenols is 1. The molecule has 0 saturated carbocycles. The van der Waals surface area contributed by atoms with Crippen molar-refractivity contribution in [1.82, 2.24) is 0 Å². The van der Waals surface area contributed by atoms with Gasteiger partial charge in [-0.15, -0.1) is 0 Å². The molecule has 0 bridgehead atoms. The largest absolute Gasteiger partial charge is 0.505 e. The Labute approximate surface area is 84.1 Å². The summed E-state index contributed by atoms with van der Waals surface area (Å²) in [5, 5.41) is 17.9. The lowest BCUT2D eigenvalue weighted by atomic mass is 10.1. The molecular weight excluding hydrogens is 239 g/mol. The lowest BCUT2D eigenvalue weighted by Gasteiger charge is -2.06. The van der Waals surface area contributed by atoms with E-state index in [1.54, 1.807) is 6.07 Å². The molecule has 0 aliphatic heterocycles. The van der Waals surface area contributed by atoms with Gasteiger partial charge in [0.2, 0.25) is 0 Å². The van der Waals surface area contributed by atoms with Crippen LogP contribution in [-0.2, 0) is 6.42 Å². The summed E-state index contributed by atoms with van der Waals surface area (Å²) in [6, 6.07) is 2.74. The normalized spacial score (nSPS) is 10.4. The summed E-state index contributed by atoms with van der Waals surface area (Å²) in [5.41, 5.74) is 0.508. The highest BCUT2D eigenvalue weighted by atomic mass is 79.9. The topological polar surface area (TPSA) is 40.5 Å². The Bertz CT molecular complexity index is 302. The van der Waals surface area contributed by atoms with E-state index >= 15 is 0 Å². The second kappa shape index (κ2) is 4.58. The molecule has 2 nitrogen and oxygen atoms in total. The summed E-state index contributed by atoms with van der Waals surface area (Å²) in [6.07, 6.45) is 0.969. The molecule has 0 atom stereocenters. The quantitative estimate of drug-likeness (QED) is 0.862. The summed E-state index contributed by atoms with van der Waals surface area (Å²) >= 11 is 3.20. The zero-order valence-corrected chi connectivity index (χ0v) is 8.51. The molecule has 0 aliphatic rings. The van der Waals surface area contributed by atoms with Crippen LogP contribution in [0.15, 0.2) is 16.6 Å². The molecule has 0 aromatic heterocycles. The molecule has 0 radical (unpaired) electrons. The Morgan fingerprint density at radius 3 is 2.69 bits per heavy atom. The summed E-state index contributed by atoms with van der Waals surface area (Å²) in [7, 11) is 0. The van der Waals surface area contributed by atoms with E-state index < -0.39 is 5.82 Å². The van der Waals surface area contributed by atoms with E-state index in [0.717, 1.165) is 0 Å². The summed E-state index contributed by atoms with van der Waals surface area (Å²) in [5.74, 6) is -0.959. The number of hydrogen-bond donors (Lipinski definition) is 2. The van der Waals surface area contributed by atoms with Gasteiger partial charge in [0.15, 0.2) is 11.6 Å². The molecular formula is C9H10BrFO2. The zero-order valence-electron chi connectivity index (χ0n) is 6.93. The molecule has 1 aromatic carbocycles. The fourth-order valence-corrected chi connectivity index (χ4v) is 1.59. The molecule has 2 N–H and O–H groups in total. The van der Waals surface area contributed by atoms with Crippen molar-refractivity contribution in [2.75, 3.05) is 6.61 Å². The van der Waals surface area contributed by atoms with Crippen LogP contribution < -0.4 is 0 Å². The Hall–Kier alpha value is -0.610. The number of aliphatic hydroxyl groups excluding tert-OH is 1. The van der Waals surface area contributed by atoms with Gasteiger partial charge in [0.25, 0.3) is 0 Å². The number of phenolic OH excluding ortho intramolecular Hbond substituents is 1. The van der Waals surface area contributed by atoms with E-state index in [9.17, 15) is 9.50 Å². The average Bonchev–Trinajstić information content (AvgIpc) is 2.12. The maximum Gasteiger partial charge on any atom is 0.165 e. The van der Waals surface area contributed by atoms with E-state index in [2.05, 4.69) is 15.9 Å². The fraction of sp³-hybridized carbons (Fsp3) is 0.333. The van der Waals surface area contributed by atoms with Crippen molar-refractivity contribution < 1.29 is 14.6 Å². The maximum atomic E-state index is 12.9. The lowest BCUT2D eigenvalue weighted by Crippen LogP contribution is -1.93. The van der Waals surface area contributed by atoms with Gasteiger partial charge in [0, 0.05) is 16.6 Å². The number of halogens is 2. The minimum atomic E-state index is -0.629. The van der Waals surface area contributed by atoms with E-state index in [1.807, 2.05) is 0 Å². The molecule has 0 amide bonds. The molecule has 0 unspecified atom stereocenters. The van der Waals surface area contributed by atoms with Crippen LogP contribution in [0.1, 0.15) is 12.0 Å². The predicted molar refractivity (Wildman–Crippen MR) is 51.2 cm³/mol. The Morgan fingerprint density at radius 2 is 2.08 bits per heavy atom. The third-order valence-electron chi connectivity index (χ3n) is 1.76. The second-order valence-electron chi connectivity index (χ2n) is 2.68. The van der Waals surface area contributed by atoms with Crippen LogP contribution in [0.2, 0.25) is 0 Å². The standard InChI is InChI=1S/C9H10BrFO2/c10-7-3-4-8(11)9(13)6(7)2-1-5-12/h3-4,12-13H,1-2,5H2. The van der Waals surface area contributed by atoms with E-state index in [0.29, 0.717) is 22.9 Å². The Balaban J connectivity index is 2.96. The third-order valence-corrected chi connectivity index (χ3v) is 2.50. The minimum Gasteiger partial charge on any atom is -0.505 e. The lowest BCUT2D eigenvalue weighted by molar-refractivity contribution is 0.287. The van der Waals surface area contributed by atoms with Gasteiger partial charge in [-0.05, 0) is 25.0 Å². The molecule has 0 heterocycles. The van der Waals surface area contributed by atoms with Crippen molar-refractivity contribution in [1.29, 1.82) is 0 Å². The zero-order chi connectivity index (χ0) is 9.84. The van der Waals surface area contributed by atoms with Crippen molar-refractivity contribution in [3.8, 4) is 5.75 Å². The smallest absolute Gasteiger partial charge is 0.165 e. The Kier molecular flexibility index (Phi) is 3.69. The van der Waals surface area contributed by atoms with Crippen LogP contribution >= 0.6 is 15.9 Å². The molecule has 13 heavy (non-hydrogen) atoms. The molecule has 0 aliphatic carbocycles. The molecule has 1 rings (SSSR count). The van der Waals surface area contributed by atoms with Gasteiger partial charge in [-0.1, -0.05) is 15.9 Å². The van der Waals surface area contributed by atoms with Crippen molar-refractivity contribution in [3.05, 3.63) is 28.0 Å². The highest BCUT2D eigenvalue weighted by molar-refractivity contribution is 9.10. The number of rotatable bonds is 3. The molecule has 1 aromatic rings. The molecule has 0 spiro atoms. The van der Waals surface area contributed by atoms with Crippen LogP contribution in [0.5, 0.6) is 5.75 Å². The molecule has 0 saturated heterocycles. The van der Waals surface area contributed by atoms with Crippen molar-refractivity contribution in [2.45, 2.75) is 12.8 Å². The first-order chi connectivity index (χ1) is 6.16. The van der Waals surface area contributed by atoms with E-state index in [4.69, 9.17) is 5.11 Å². The summed E-state index contributed by atoms with van der Waals surface area (Å²) < 4.78 is 13.5. The van der Waals surface area contributed by atoms with Crippen LogP contribution in [0.4, 0.5) is 4.39 Å².